The second-order valence-electron chi connectivity index (χ2n) is 4.00. The SMILES string of the molecule is CCCOc1ccccc1CC(C)CN. The molecule has 0 amide bonds. The van der Waals surface area contributed by atoms with E-state index in [1.165, 1.54) is 5.56 Å². The van der Waals surface area contributed by atoms with Crippen molar-refractivity contribution in [1.29, 1.82) is 0 Å². The molecular weight excluding hydrogens is 186 g/mol. The van der Waals surface area contributed by atoms with Crippen LogP contribution in [0, 0.1) is 5.92 Å². The predicted octanol–water partition coefficient (Wildman–Crippen LogP) is 2.61. The van der Waals surface area contributed by atoms with E-state index in [1.807, 2.05) is 12.1 Å². The lowest BCUT2D eigenvalue weighted by atomic mass is 10.0. The Morgan fingerprint density at radius 2 is 2.07 bits per heavy atom. The van der Waals surface area contributed by atoms with Crippen molar-refractivity contribution in [3.05, 3.63) is 29.8 Å². The van der Waals surface area contributed by atoms with Crippen LogP contribution in [-0.2, 0) is 6.42 Å². The van der Waals surface area contributed by atoms with Crippen molar-refractivity contribution in [3.8, 4) is 5.75 Å². The normalized spacial score (nSPS) is 12.5. The van der Waals surface area contributed by atoms with Gasteiger partial charge in [0.05, 0.1) is 6.61 Å². The lowest BCUT2D eigenvalue weighted by molar-refractivity contribution is 0.312. The molecule has 15 heavy (non-hydrogen) atoms. The van der Waals surface area contributed by atoms with Gasteiger partial charge in [-0.15, -0.1) is 0 Å². The summed E-state index contributed by atoms with van der Waals surface area (Å²) in [6.07, 6.45) is 2.04. The smallest absolute Gasteiger partial charge is 0.122 e. The monoisotopic (exact) mass is 207 g/mol. The Hall–Kier alpha value is -1.02. The Morgan fingerprint density at radius 1 is 1.33 bits per heavy atom. The van der Waals surface area contributed by atoms with Crippen molar-refractivity contribution < 1.29 is 4.74 Å². The molecular formula is C13H21NO. The third-order valence-corrected chi connectivity index (χ3v) is 2.41. The van der Waals surface area contributed by atoms with Gasteiger partial charge in [-0.2, -0.15) is 0 Å². The topological polar surface area (TPSA) is 35.2 Å². The molecule has 0 aliphatic heterocycles. The summed E-state index contributed by atoms with van der Waals surface area (Å²) in [4.78, 5) is 0. The van der Waals surface area contributed by atoms with Gasteiger partial charge in [-0.3, -0.25) is 0 Å². The van der Waals surface area contributed by atoms with Crippen LogP contribution >= 0.6 is 0 Å². The van der Waals surface area contributed by atoms with E-state index in [2.05, 4.69) is 26.0 Å². The zero-order valence-electron chi connectivity index (χ0n) is 9.70. The van der Waals surface area contributed by atoms with Gasteiger partial charge in [-0.1, -0.05) is 32.0 Å². The van der Waals surface area contributed by atoms with Gasteiger partial charge in [0.15, 0.2) is 0 Å². The minimum atomic E-state index is 0.511. The minimum Gasteiger partial charge on any atom is -0.493 e. The van der Waals surface area contributed by atoms with E-state index >= 15 is 0 Å². The number of nitrogens with two attached hydrogens (primary N) is 1. The molecule has 0 heterocycles. The molecule has 2 nitrogen and oxygen atoms in total. The molecule has 2 N–H and O–H groups in total. The number of ether oxygens (including phenoxy) is 1. The third kappa shape index (κ3) is 3.92. The van der Waals surface area contributed by atoms with E-state index in [4.69, 9.17) is 10.5 Å². The molecule has 0 aromatic heterocycles. The Bertz CT molecular complexity index is 286. The minimum absolute atomic E-state index is 0.511. The first kappa shape index (κ1) is 12.1. The van der Waals surface area contributed by atoms with Gasteiger partial charge in [-0.05, 0) is 36.9 Å². The first-order valence-corrected chi connectivity index (χ1v) is 5.68. The molecule has 0 radical (unpaired) electrons. The maximum absolute atomic E-state index is 5.69. The highest BCUT2D eigenvalue weighted by Gasteiger charge is 2.06. The van der Waals surface area contributed by atoms with E-state index < -0.39 is 0 Å². The number of rotatable bonds is 6. The van der Waals surface area contributed by atoms with Crippen LogP contribution in [0.5, 0.6) is 5.75 Å². The quantitative estimate of drug-likeness (QED) is 0.778. The van der Waals surface area contributed by atoms with Gasteiger partial charge in [0, 0.05) is 0 Å². The molecule has 0 fully saturated rings. The van der Waals surface area contributed by atoms with Crippen LogP contribution < -0.4 is 10.5 Å². The van der Waals surface area contributed by atoms with Crippen molar-refractivity contribution >= 4 is 0 Å². The second-order valence-corrected chi connectivity index (χ2v) is 4.00. The second kappa shape index (κ2) is 6.46. The van der Waals surface area contributed by atoms with Crippen LogP contribution in [0.3, 0.4) is 0 Å². The Balaban J connectivity index is 2.67. The molecule has 0 spiro atoms. The molecule has 84 valence electrons. The summed E-state index contributed by atoms with van der Waals surface area (Å²) in [7, 11) is 0. The maximum Gasteiger partial charge on any atom is 0.122 e. The highest BCUT2D eigenvalue weighted by Crippen LogP contribution is 2.21. The first-order valence-electron chi connectivity index (χ1n) is 5.68. The molecule has 0 aliphatic carbocycles. The van der Waals surface area contributed by atoms with Crippen LogP contribution in [0.1, 0.15) is 25.8 Å². The molecule has 0 aliphatic rings. The van der Waals surface area contributed by atoms with Crippen molar-refractivity contribution in [2.24, 2.45) is 11.7 Å². The standard InChI is InChI=1S/C13H21NO/c1-3-8-15-13-7-5-4-6-12(13)9-11(2)10-14/h4-7,11H,3,8-10,14H2,1-2H3. The van der Waals surface area contributed by atoms with E-state index in [0.29, 0.717) is 5.92 Å². The summed E-state index contributed by atoms with van der Waals surface area (Å²) in [6.45, 7) is 5.79. The third-order valence-electron chi connectivity index (χ3n) is 2.41. The summed E-state index contributed by atoms with van der Waals surface area (Å²) in [5.41, 5.74) is 6.90. The lowest BCUT2D eigenvalue weighted by Crippen LogP contribution is -2.13. The number of benzene rings is 1. The fraction of sp³-hybridized carbons (Fsp3) is 0.538. The largest absolute Gasteiger partial charge is 0.493 e. The van der Waals surface area contributed by atoms with Gasteiger partial charge in [0.1, 0.15) is 5.75 Å². The van der Waals surface area contributed by atoms with Gasteiger partial charge in [0.25, 0.3) is 0 Å². The van der Waals surface area contributed by atoms with Gasteiger partial charge in [0.2, 0.25) is 0 Å². The Morgan fingerprint density at radius 3 is 2.73 bits per heavy atom. The molecule has 0 bridgehead atoms. The van der Waals surface area contributed by atoms with Crippen LogP contribution in [-0.4, -0.2) is 13.2 Å². The van der Waals surface area contributed by atoms with Crippen LogP contribution in [0.15, 0.2) is 24.3 Å². The fourth-order valence-corrected chi connectivity index (χ4v) is 1.48. The fourth-order valence-electron chi connectivity index (χ4n) is 1.48. The van der Waals surface area contributed by atoms with Crippen molar-refractivity contribution in [2.75, 3.05) is 13.2 Å². The molecule has 2 heteroatoms. The van der Waals surface area contributed by atoms with Crippen LogP contribution in [0.2, 0.25) is 0 Å². The summed E-state index contributed by atoms with van der Waals surface area (Å²) in [5, 5.41) is 0. The Labute approximate surface area is 92.4 Å². The van der Waals surface area contributed by atoms with Gasteiger partial charge >= 0.3 is 0 Å². The van der Waals surface area contributed by atoms with E-state index in [0.717, 1.165) is 31.7 Å². The van der Waals surface area contributed by atoms with Gasteiger partial charge in [-0.25, -0.2) is 0 Å². The average molecular weight is 207 g/mol. The first-order chi connectivity index (χ1) is 7.27. The van der Waals surface area contributed by atoms with E-state index in [-0.39, 0.29) is 0 Å². The maximum atomic E-state index is 5.69. The highest BCUT2D eigenvalue weighted by molar-refractivity contribution is 5.33. The van der Waals surface area contributed by atoms with Crippen molar-refractivity contribution in [2.45, 2.75) is 26.7 Å². The molecule has 1 aromatic rings. The Kier molecular flexibility index (Phi) is 5.19. The summed E-state index contributed by atoms with van der Waals surface area (Å²) >= 11 is 0. The van der Waals surface area contributed by atoms with Crippen LogP contribution in [0.25, 0.3) is 0 Å². The van der Waals surface area contributed by atoms with Crippen molar-refractivity contribution in [3.63, 3.8) is 0 Å². The summed E-state index contributed by atoms with van der Waals surface area (Å²) in [6, 6.07) is 8.23. The summed E-state index contributed by atoms with van der Waals surface area (Å²) in [5.74, 6) is 1.52. The number of para-hydroxylation sites is 1. The van der Waals surface area contributed by atoms with E-state index in [9.17, 15) is 0 Å². The zero-order valence-corrected chi connectivity index (χ0v) is 9.70. The zero-order chi connectivity index (χ0) is 11.1. The predicted molar refractivity (Wildman–Crippen MR) is 64.2 cm³/mol. The molecule has 1 atom stereocenters. The number of hydrogen-bond donors (Lipinski definition) is 1. The highest BCUT2D eigenvalue weighted by atomic mass is 16.5. The molecule has 0 saturated carbocycles. The lowest BCUT2D eigenvalue weighted by Gasteiger charge is -2.13. The molecule has 1 rings (SSSR count). The molecule has 0 saturated heterocycles. The molecule has 1 unspecified atom stereocenters. The van der Waals surface area contributed by atoms with Crippen LogP contribution in [0.4, 0.5) is 0 Å². The summed E-state index contributed by atoms with van der Waals surface area (Å²) < 4.78 is 5.69. The molecule has 1 aromatic carbocycles. The van der Waals surface area contributed by atoms with Gasteiger partial charge < -0.3 is 10.5 Å². The van der Waals surface area contributed by atoms with E-state index in [1.54, 1.807) is 0 Å². The average Bonchev–Trinajstić information content (AvgIpc) is 2.28. The number of hydrogen-bond acceptors (Lipinski definition) is 2. The van der Waals surface area contributed by atoms with Crippen molar-refractivity contribution in [1.82, 2.24) is 0 Å².